The second-order valence-electron chi connectivity index (χ2n) is 5.74. The first-order valence-electron chi connectivity index (χ1n) is 6.64. The second kappa shape index (κ2) is 6.73. The predicted octanol–water partition coefficient (Wildman–Crippen LogP) is 2.58. The molecule has 0 radical (unpaired) electrons. The third kappa shape index (κ3) is 4.64. The van der Waals surface area contributed by atoms with E-state index < -0.39 is 0 Å². The van der Waals surface area contributed by atoms with Crippen LogP contribution >= 0.6 is 0 Å². The Morgan fingerprint density at radius 2 is 1.89 bits per heavy atom. The first-order chi connectivity index (χ1) is 8.40. The van der Waals surface area contributed by atoms with Gasteiger partial charge in [0.25, 0.3) is 0 Å². The summed E-state index contributed by atoms with van der Waals surface area (Å²) in [6.45, 7) is 9.40. The Morgan fingerprint density at radius 3 is 2.33 bits per heavy atom. The number of aromatic nitrogens is 2. The highest BCUT2D eigenvalue weighted by Crippen LogP contribution is 2.14. The largest absolute Gasteiger partial charge is 0.336 e. The number of nitrogens with zero attached hydrogens (tertiary/aromatic N) is 3. The van der Waals surface area contributed by atoms with Crippen molar-refractivity contribution in [3.8, 4) is 0 Å². The Kier molecular flexibility index (Phi) is 5.59. The van der Waals surface area contributed by atoms with Crippen LogP contribution in [0.4, 0.5) is 6.01 Å². The maximum atomic E-state index is 5.17. The molecular formula is C13H26N4O. The first kappa shape index (κ1) is 15.0. The molecule has 1 rings (SSSR count). The number of likely N-dealkylation sites (N-methyl/N-ethyl adjacent to an activating group) is 1. The molecule has 1 aromatic rings. The Morgan fingerprint density at radius 1 is 1.22 bits per heavy atom. The van der Waals surface area contributed by atoms with Gasteiger partial charge in [0.05, 0.1) is 0 Å². The minimum Gasteiger partial charge on any atom is -0.336 e. The van der Waals surface area contributed by atoms with E-state index >= 15 is 0 Å². The SMILES string of the molecule is CC(C)CC(CNc1nc(C(C)C)no1)N(C)C. The van der Waals surface area contributed by atoms with Crippen molar-refractivity contribution in [2.75, 3.05) is 26.0 Å². The maximum absolute atomic E-state index is 5.17. The third-order valence-corrected chi connectivity index (χ3v) is 2.92. The molecule has 1 atom stereocenters. The number of hydrogen-bond donors (Lipinski definition) is 1. The lowest BCUT2D eigenvalue weighted by molar-refractivity contribution is 0.264. The van der Waals surface area contributed by atoms with Gasteiger partial charge in [0.2, 0.25) is 0 Å². The van der Waals surface area contributed by atoms with Crippen LogP contribution in [0.5, 0.6) is 0 Å². The van der Waals surface area contributed by atoms with Crippen molar-refractivity contribution in [2.45, 2.75) is 46.1 Å². The highest BCUT2D eigenvalue weighted by molar-refractivity contribution is 5.19. The van der Waals surface area contributed by atoms with Crippen LogP contribution in [0.3, 0.4) is 0 Å². The summed E-state index contributed by atoms with van der Waals surface area (Å²) in [4.78, 5) is 6.54. The van der Waals surface area contributed by atoms with Crippen LogP contribution in [-0.2, 0) is 0 Å². The van der Waals surface area contributed by atoms with Crippen LogP contribution in [-0.4, -0.2) is 41.7 Å². The molecule has 0 saturated heterocycles. The van der Waals surface area contributed by atoms with Crippen molar-refractivity contribution in [1.82, 2.24) is 15.0 Å². The van der Waals surface area contributed by atoms with Crippen LogP contribution in [0.15, 0.2) is 4.52 Å². The molecule has 0 aliphatic carbocycles. The van der Waals surface area contributed by atoms with Crippen molar-refractivity contribution in [2.24, 2.45) is 5.92 Å². The van der Waals surface area contributed by atoms with Gasteiger partial charge in [0.1, 0.15) is 0 Å². The molecule has 0 bridgehead atoms. The molecule has 1 unspecified atom stereocenters. The summed E-state index contributed by atoms with van der Waals surface area (Å²) in [6, 6.07) is 0.994. The molecule has 1 aromatic heterocycles. The fourth-order valence-electron chi connectivity index (χ4n) is 1.77. The van der Waals surface area contributed by atoms with Crippen LogP contribution < -0.4 is 5.32 Å². The average Bonchev–Trinajstić information content (AvgIpc) is 2.72. The van der Waals surface area contributed by atoms with Crippen LogP contribution in [0.1, 0.15) is 45.9 Å². The molecule has 104 valence electrons. The average molecular weight is 254 g/mol. The molecule has 0 spiro atoms. The molecule has 0 amide bonds. The van der Waals surface area contributed by atoms with E-state index in [1.54, 1.807) is 0 Å². The molecule has 0 saturated carbocycles. The van der Waals surface area contributed by atoms with E-state index in [0.717, 1.165) is 18.8 Å². The molecule has 5 nitrogen and oxygen atoms in total. The van der Waals surface area contributed by atoms with Gasteiger partial charge < -0.3 is 14.7 Å². The van der Waals surface area contributed by atoms with E-state index in [2.05, 4.69) is 62.1 Å². The highest BCUT2D eigenvalue weighted by Gasteiger charge is 2.15. The standard InChI is InChI=1S/C13H26N4O/c1-9(2)7-11(17(5)6)8-14-13-15-12(10(3)4)16-18-13/h9-11H,7-8H2,1-6H3,(H,14,15,16). The van der Waals surface area contributed by atoms with Gasteiger partial charge in [-0.3, -0.25) is 0 Å². The van der Waals surface area contributed by atoms with Gasteiger partial charge in [0.15, 0.2) is 5.82 Å². The lowest BCUT2D eigenvalue weighted by Crippen LogP contribution is -2.35. The summed E-state index contributed by atoms with van der Waals surface area (Å²) < 4.78 is 5.17. The van der Waals surface area contributed by atoms with Crippen LogP contribution in [0.2, 0.25) is 0 Å². The highest BCUT2D eigenvalue weighted by atomic mass is 16.5. The van der Waals surface area contributed by atoms with Gasteiger partial charge >= 0.3 is 6.01 Å². The monoisotopic (exact) mass is 254 g/mol. The van der Waals surface area contributed by atoms with Crippen molar-refractivity contribution in [3.05, 3.63) is 5.82 Å². The number of nitrogens with one attached hydrogen (secondary N) is 1. The van der Waals surface area contributed by atoms with Gasteiger partial charge in [-0.2, -0.15) is 4.98 Å². The van der Waals surface area contributed by atoms with Crippen molar-refractivity contribution in [1.29, 1.82) is 0 Å². The van der Waals surface area contributed by atoms with E-state index in [9.17, 15) is 0 Å². The Hall–Kier alpha value is -1.10. The summed E-state index contributed by atoms with van der Waals surface area (Å²) in [6.07, 6.45) is 1.14. The van der Waals surface area contributed by atoms with Gasteiger partial charge in [-0.1, -0.05) is 32.9 Å². The fraction of sp³-hybridized carbons (Fsp3) is 0.846. The molecule has 1 heterocycles. The molecule has 1 N–H and O–H groups in total. The minimum atomic E-state index is 0.296. The van der Waals surface area contributed by atoms with Gasteiger partial charge in [-0.15, -0.1) is 0 Å². The Balaban J connectivity index is 2.50. The summed E-state index contributed by atoms with van der Waals surface area (Å²) in [7, 11) is 4.20. The molecular weight excluding hydrogens is 228 g/mol. The quantitative estimate of drug-likeness (QED) is 0.810. The Labute approximate surface area is 110 Å². The maximum Gasteiger partial charge on any atom is 0.321 e. The van der Waals surface area contributed by atoms with Crippen LogP contribution in [0, 0.1) is 5.92 Å². The fourth-order valence-corrected chi connectivity index (χ4v) is 1.77. The van der Waals surface area contributed by atoms with Crippen molar-refractivity contribution < 1.29 is 4.52 Å². The topological polar surface area (TPSA) is 54.2 Å². The lowest BCUT2D eigenvalue weighted by Gasteiger charge is -2.25. The molecule has 0 fully saturated rings. The predicted molar refractivity (Wildman–Crippen MR) is 73.8 cm³/mol. The van der Waals surface area contributed by atoms with Crippen molar-refractivity contribution in [3.63, 3.8) is 0 Å². The van der Waals surface area contributed by atoms with E-state index in [0.29, 0.717) is 23.9 Å². The van der Waals surface area contributed by atoms with E-state index in [1.807, 2.05) is 0 Å². The zero-order valence-electron chi connectivity index (χ0n) is 12.4. The minimum absolute atomic E-state index is 0.296. The number of hydrogen-bond acceptors (Lipinski definition) is 5. The first-order valence-corrected chi connectivity index (χ1v) is 6.64. The summed E-state index contributed by atoms with van der Waals surface area (Å²) in [5.41, 5.74) is 0. The molecule has 18 heavy (non-hydrogen) atoms. The molecule has 0 aliphatic rings. The van der Waals surface area contributed by atoms with E-state index in [4.69, 9.17) is 4.52 Å². The zero-order chi connectivity index (χ0) is 13.7. The van der Waals surface area contributed by atoms with Gasteiger partial charge in [-0.25, -0.2) is 0 Å². The molecule has 0 aromatic carbocycles. The smallest absolute Gasteiger partial charge is 0.321 e. The molecule has 5 heteroatoms. The van der Waals surface area contributed by atoms with Gasteiger partial charge in [0, 0.05) is 18.5 Å². The van der Waals surface area contributed by atoms with Crippen LogP contribution in [0.25, 0.3) is 0 Å². The van der Waals surface area contributed by atoms with Gasteiger partial charge in [-0.05, 0) is 26.4 Å². The van der Waals surface area contributed by atoms with Crippen molar-refractivity contribution >= 4 is 6.01 Å². The zero-order valence-corrected chi connectivity index (χ0v) is 12.4. The summed E-state index contributed by atoms with van der Waals surface area (Å²) in [5, 5.41) is 7.16. The summed E-state index contributed by atoms with van der Waals surface area (Å²) in [5.74, 6) is 1.72. The summed E-state index contributed by atoms with van der Waals surface area (Å²) >= 11 is 0. The molecule has 0 aliphatic heterocycles. The second-order valence-corrected chi connectivity index (χ2v) is 5.74. The normalized spacial score (nSPS) is 13.6. The third-order valence-electron chi connectivity index (χ3n) is 2.92. The Bertz CT molecular complexity index is 347. The van der Waals surface area contributed by atoms with E-state index in [-0.39, 0.29) is 0 Å². The lowest BCUT2D eigenvalue weighted by atomic mass is 10.0. The number of rotatable bonds is 7. The van der Waals surface area contributed by atoms with E-state index in [1.165, 1.54) is 0 Å². The number of anilines is 1.